The lowest BCUT2D eigenvalue weighted by molar-refractivity contribution is -0.483. The number of hydrogen-bond donors (Lipinski definition) is 5. The summed E-state index contributed by atoms with van der Waals surface area (Å²) in [4.78, 5) is 21.1. The largest absolute Gasteiger partial charge is 0.503 e. The van der Waals surface area contributed by atoms with Crippen molar-refractivity contribution in [3.8, 4) is 0 Å². The first-order chi connectivity index (χ1) is 8.21. The zero-order chi connectivity index (χ0) is 15.2. The van der Waals surface area contributed by atoms with E-state index < -0.39 is 18.3 Å². The predicted molar refractivity (Wildman–Crippen MR) is 56.7 cm³/mol. The van der Waals surface area contributed by atoms with Crippen LogP contribution < -0.4 is 0 Å². The zero-order valence-electron chi connectivity index (χ0n) is 10.2. The summed E-state index contributed by atoms with van der Waals surface area (Å²) in [6, 6.07) is 0. The maximum Gasteiger partial charge on any atom is 0.503 e. The Hall–Kier alpha value is -1.62. The zero-order valence-corrected chi connectivity index (χ0v) is 10.2. The van der Waals surface area contributed by atoms with Crippen LogP contribution in [-0.2, 0) is 14.4 Å². The second kappa shape index (κ2) is 13.4. The second-order valence-corrected chi connectivity index (χ2v) is 2.50. The van der Waals surface area contributed by atoms with Gasteiger partial charge in [-0.25, -0.2) is 14.8 Å². The molecule has 10 heteroatoms. The van der Waals surface area contributed by atoms with Gasteiger partial charge in [0.15, 0.2) is 0 Å². The van der Waals surface area contributed by atoms with Gasteiger partial charge < -0.3 is 29.9 Å². The van der Waals surface area contributed by atoms with Crippen molar-refractivity contribution in [3.05, 3.63) is 0 Å². The maximum atomic E-state index is 8.56. The van der Waals surface area contributed by atoms with Crippen LogP contribution in [0.5, 0.6) is 0 Å². The predicted octanol–water partition coefficient (Wildman–Crippen LogP) is 1.67. The van der Waals surface area contributed by atoms with Gasteiger partial charge in [0, 0.05) is 20.6 Å². The minimum absolute atomic E-state index is 0.497. The van der Waals surface area contributed by atoms with Crippen molar-refractivity contribution in [2.45, 2.75) is 25.7 Å². The van der Waals surface area contributed by atoms with Crippen LogP contribution in [0.3, 0.4) is 0 Å². The molecule has 0 atom stereocenters. The molecule has 0 aromatic carbocycles. The molecule has 0 aromatic heterocycles. The summed E-state index contributed by atoms with van der Waals surface area (Å²) in [5.74, 6) is -1.27. The molecule has 0 aliphatic carbocycles. The van der Waals surface area contributed by atoms with Crippen LogP contribution in [0.4, 0.5) is 9.59 Å². The van der Waals surface area contributed by atoms with Crippen LogP contribution in [0, 0.1) is 0 Å². The fraction of sp³-hybridized carbons (Fsp3) is 0.750. The van der Waals surface area contributed by atoms with Crippen molar-refractivity contribution < 1.29 is 49.6 Å². The molecular formula is C8H18O10. The molecule has 0 unspecified atom stereocenters. The summed E-state index contributed by atoms with van der Waals surface area (Å²) in [5, 5.41) is 36.2. The second-order valence-electron chi connectivity index (χ2n) is 2.50. The smallest absolute Gasteiger partial charge is 0.450 e. The van der Waals surface area contributed by atoms with Gasteiger partial charge in [0.25, 0.3) is 0 Å². The molecule has 0 saturated heterocycles. The van der Waals surface area contributed by atoms with Gasteiger partial charge in [0.2, 0.25) is 0 Å². The van der Waals surface area contributed by atoms with Gasteiger partial charge in [-0.05, 0) is 6.42 Å². The Labute approximate surface area is 103 Å². The monoisotopic (exact) mass is 274 g/mol. The van der Waals surface area contributed by atoms with Crippen LogP contribution in [0.1, 0.15) is 19.8 Å². The summed E-state index contributed by atoms with van der Waals surface area (Å²) in [5.41, 5.74) is 0. The van der Waals surface area contributed by atoms with E-state index >= 15 is 0 Å². The lowest BCUT2D eigenvalue weighted by atomic mass is 10.3. The first-order valence-electron chi connectivity index (χ1n) is 4.47. The quantitative estimate of drug-likeness (QED) is 0.283. The minimum atomic E-state index is -1.83. The fourth-order valence-corrected chi connectivity index (χ4v) is 0.714. The summed E-state index contributed by atoms with van der Waals surface area (Å²) < 4.78 is 9.56. The van der Waals surface area contributed by atoms with E-state index in [2.05, 4.69) is 4.89 Å². The summed E-state index contributed by atoms with van der Waals surface area (Å²) in [7, 11) is 2.82. The Morgan fingerprint density at radius 3 is 1.33 bits per heavy atom. The van der Waals surface area contributed by atoms with Crippen molar-refractivity contribution >= 4 is 12.3 Å². The van der Waals surface area contributed by atoms with Crippen LogP contribution >= 0.6 is 0 Å². The number of carboxylic acid groups (broad SMARTS) is 4. The van der Waals surface area contributed by atoms with E-state index in [9.17, 15) is 0 Å². The first-order valence-corrected chi connectivity index (χ1v) is 4.47. The maximum absolute atomic E-state index is 8.56. The fourth-order valence-electron chi connectivity index (χ4n) is 0.714. The topological polar surface area (TPSA) is 163 Å². The van der Waals surface area contributed by atoms with E-state index in [-0.39, 0.29) is 0 Å². The van der Waals surface area contributed by atoms with Gasteiger partial charge in [0.1, 0.15) is 0 Å². The number of hydrogen-bond acceptors (Lipinski definition) is 6. The average Bonchev–Trinajstić information content (AvgIpc) is 2.25. The van der Waals surface area contributed by atoms with Gasteiger partial charge in [-0.2, -0.15) is 4.89 Å². The third-order valence-corrected chi connectivity index (χ3v) is 1.32. The molecule has 0 aliphatic heterocycles. The van der Waals surface area contributed by atoms with Crippen molar-refractivity contribution in [1.29, 1.82) is 0 Å². The molecular weight excluding hydrogens is 256 g/mol. The van der Waals surface area contributed by atoms with E-state index in [1.165, 1.54) is 14.2 Å². The van der Waals surface area contributed by atoms with Crippen LogP contribution in [-0.4, -0.2) is 58.2 Å². The van der Waals surface area contributed by atoms with E-state index in [1.807, 2.05) is 6.92 Å². The highest BCUT2D eigenvalue weighted by Gasteiger charge is 2.29. The third kappa shape index (κ3) is 19.9. The normalized spacial score (nSPS) is 9.33. The van der Waals surface area contributed by atoms with Crippen molar-refractivity contribution in [2.75, 3.05) is 14.2 Å². The number of methoxy groups -OCH3 is 2. The lowest BCUT2D eigenvalue weighted by Gasteiger charge is -2.25. The lowest BCUT2D eigenvalue weighted by Crippen LogP contribution is -2.35. The Bertz CT molecular complexity index is 184. The van der Waals surface area contributed by atoms with Crippen molar-refractivity contribution in [1.82, 2.24) is 0 Å². The van der Waals surface area contributed by atoms with E-state index in [4.69, 9.17) is 44.7 Å². The van der Waals surface area contributed by atoms with Gasteiger partial charge >= 0.3 is 18.3 Å². The number of ether oxygens (including phenoxy) is 2. The molecule has 0 aliphatic rings. The summed E-state index contributed by atoms with van der Waals surface area (Å²) >= 11 is 0. The van der Waals surface area contributed by atoms with Gasteiger partial charge in [-0.3, -0.25) is 0 Å². The van der Waals surface area contributed by atoms with Gasteiger partial charge in [-0.15, -0.1) is 0 Å². The highest BCUT2D eigenvalue weighted by Crippen LogP contribution is 2.17. The molecule has 110 valence electrons. The Morgan fingerprint density at radius 1 is 1.00 bits per heavy atom. The van der Waals surface area contributed by atoms with Gasteiger partial charge in [0.05, 0.1) is 0 Å². The molecule has 0 aromatic rings. The highest BCUT2D eigenvalue weighted by atomic mass is 17.2. The van der Waals surface area contributed by atoms with E-state index in [1.54, 1.807) is 0 Å². The van der Waals surface area contributed by atoms with Crippen LogP contribution in [0.25, 0.3) is 0 Å². The average molecular weight is 274 g/mol. The SMILES string of the molecule is CCCC(OC)(OC)OO.O=C(O)O.O=C(O)O. The third-order valence-electron chi connectivity index (χ3n) is 1.32. The van der Waals surface area contributed by atoms with Crippen molar-refractivity contribution in [3.63, 3.8) is 0 Å². The molecule has 0 spiro atoms. The summed E-state index contributed by atoms with van der Waals surface area (Å²) in [6.07, 6.45) is -2.36. The Kier molecular flexibility index (Phi) is 16.2. The molecule has 5 N–H and O–H groups in total. The Balaban J connectivity index is -0.000000233. The molecule has 0 rings (SSSR count). The Morgan fingerprint density at radius 2 is 1.28 bits per heavy atom. The molecule has 0 amide bonds. The number of carbonyl (C=O) groups is 2. The number of rotatable bonds is 5. The molecule has 0 fully saturated rings. The first kappa shape index (κ1) is 21.6. The molecule has 18 heavy (non-hydrogen) atoms. The molecule has 10 nitrogen and oxygen atoms in total. The van der Waals surface area contributed by atoms with Crippen LogP contribution in [0.15, 0.2) is 0 Å². The molecule has 0 saturated carbocycles. The molecule has 0 bridgehead atoms. The van der Waals surface area contributed by atoms with E-state index in [0.29, 0.717) is 6.42 Å². The standard InChI is InChI=1S/C6H14O4.2CH2O3/c1-4-5-6(8-2,9-3)10-7;2*2-1(3)4/h7H,4-5H2,1-3H3;2*(H2,2,3,4). The molecule has 0 radical (unpaired) electrons. The summed E-state index contributed by atoms with van der Waals surface area (Å²) in [6.45, 7) is 1.94. The molecule has 0 heterocycles. The minimum Gasteiger partial charge on any atom is -0.450 e. The van der Waals surface area contributed by atoms with E-state index in [0.717, 1.165) is 6.42 Å². The van der Waals surface area contributed by atoms with Crippen molar-refractivity contribution in [2.24, 2.45) is 0 Å². The van der Waals surface area contributed by atoms with Crippen LogP contribution in [0.2, 0.25) is 0 Å². The highest BCUT2D eigenvalue weighted by molar-refractivity contribution is 5.53. The van der Waals surface area contributed by atoms with Gasteiger partial charge in [-0.1, -0.05) is 6.92 Å².